The number of nitrogens with zero attached hydrogens (tertiary/aromatic N) is 2. The first-order valence-corrected chi connectivity index (χ1v) is 9.97. The van der Waals surface area contributed by atoms with Crippen molar-refractivity contribution in [1.82, 2.24) is 15.2 Å². The van der Waals surface area contributed by atoms with Crippen molar-refractivity contribution in [2.75, 3.05) is 0 Å². The number of halogens is 3. The van der Waals surface area contributed by atoms with Crippen molar-refractivity contribution in [2.24, 2.45) is 5.73 Å². The Hall–Kier alpha value is -2.98. The van der Waals surface area contributed by atoms with Gasteiger partial charge in [-0.2, -0.15) is 13.2 Å². The maximum absolute atomic E-state index is 12.6. The quantitative estimate of drug-likeness (QED) is 0.475. The third kappa shape index (κ3) is 4.60. The summed E-state index contributed by atoms with van der Waals surface area (Å²) in [5, 5.41) is 9.88. The van der Waals surface area contributed by atoms with Gasteiger partial charge >= 0.3 is 11.9 Å². The minimum Gasteiger partial charge on any atom is -0.408 e. The SMILES string of the molecule is NC(CCc1nnc(-c2ccc3[nH]c(=O)oc3c2)s1)Cc1ccc(C(F)(F)F)cc1. The van der Waals surface area contributed by atoms with Gasteiger partial charge in [0.25, 0.3) is 0 Å². The fourth-order valence-electron chi connectivity index (χ4n) is 3.09. The molecule has 3 N–H and O–H groups in total. The van der Waals surface area contributed by atoms with Crippen LogP contribution in [0.2, 0.25) is 0 Å². The summed E-state index contributed by atoms with van der Waals surface area (Å²) >= 11 is 1.42. The summed E-state index contributed by atoms with van der Waals surface area (Å²) in [7, 11) is 0. The monoisotopic (exact) mass is 434 g/mol. The maximum atomic E-state index is 12.6. The molecule has 0 aliphatic rings. The number of aromatic amines is 1. The van der Waals surface area contributed by atoms with Crippen LogP contribution in [0.15, 0.2) is 51.7 Å². The standard InChI is InChI=1S/C20H17F3N4O2S/c21-20(22,23)13-4-1-11(2-5-13)9-14(24)6-8-17-26-27-18(30-17)12-3-7-15-16(10-12)29-19(28)25-15/h1-5,7,10,14H,6,8-9,24H2,(H,25,28). The molecule has 0 amide bonds. The Morgan fingerprint density at radius 2 is 1.90 bits per heavy atom. The first kappa shape index (κ1) is 20.3. The van der Waals surface area contributed by atoms with Crippen molar-refractivity contribution in [3.63, 3.8) is 0 Å². The van der Waals surface area contributed by atoms with Crippen molar-refractivity contribution in [2.45, 2.75) is 31.5 Å². The van der Waals surface area contributed by atoms with Gasteiger partial charge in [-0.1, -0.05) is 23.5 Å². The molecule has 0 spiro atoms. The molecule has 0 radical (unpaired) electrons. The Morgan fingerprint density at radius 3 is 2.63 bits per heavy atom. The molecule has 1 atom stereocenters. The average Bonchev–Trinajstić information content (AvgIpc) is 3.31. The first-order valence-electron chi connectivity index (χ1n) is 9.15. The second-order valence-electron chi connectivity index (χ2n) is 6.92. The van der Waals surface area contributed by atoms with Crippen LogP contribution in [0.25, 0.3) is 21.7 Å². The van der Waals surface area contributed by atoms with Crippen LogP contribution in [-0.2, 0) is 19.0 Å². The summed E-state index contributed by atoms with van der Waals surface area (Å²) in [6.07, 6.45) is -2.62. The third-order valence-corrected chi connectivity index (χ3v) is 5.68. The topological polar surface area (TPSA) is 97.8 Å². The zero-order valence-corrected chi connectivity index (χ0v) is 16.4. The van der Waals surface area contributed by atoms with E-state index in [-0.39, 0.29) is 6.04 Å². The lowest BCUT2D eigenvalue weighted by Gasteiger charge is -2.12. The van der Waals surface area contributed by atoms with E-state index < -0.39 is 17.5 Å². The van der Waals surface area contributed by atoms with E-state index in [1.165, 1.54) is 23.5 Å². The smallest absolute Gasteiger partial charge is 0.408 e. The highest BCUT2D eigenvalue weighted by Crippen LogP contribution is 2.29. The fourth-order valence-corrected chi connectivity index (χ4v) is 3.94. The summed E-state index contributed by atoms with van der Waals surface area (Å²) < 4.78 is 43.0. The van der Waals surface area contributed by atoms with E-state index in [0.29, 0.717) is 35.4 Å². The lowest BCUT2D eigenvalue weighted by Crippen LogP contribution is -2.23. The van der Waals surface area contributed by atoms with Gasteiger partial charge in [-0.15, -0.1) is 10.2 Å². The summed E-state index contributed by atoms with van der Waals surface area (Å²) in [6.45, 7) is 0. The Labute approximate surface area is 172 Å². The van der Waals surface area contributed by atoms with Crippen molar-refractivity contribution >= 4 is 22.4 Å². The van der Waals surface area contributed by atoms with Gasteiger partial charge in [0.15, 0.2) is 5.58 Å². The summed E-state index contributed by atoms with van der Waals surface area (Å²) in [4.78, 5) is 13.9. The van der Waals surface area contributed by atoms with Crippen molar-refractivity contribution in [3.05, 3.63) is 69.1 Å². The highest BCUT2D eigenvalue weighted by atomic mass is 32.1. The van der Waals surface area contributed by atoms with Crippen molar-refractivity contribution < 1.29 is 17.6 Å². The van der Waals surface area contributed by atoms with Crippen LogP contribution in [0, 0.1) is 0 Å². The second kappa shape index (κ2) is 8.04. The zero-order chi connectivity index (χ0) is 21.3. The minimum absolute atomic E-state index is 0.209. The fraction of sp³-hybridized carbons (Fsp3) is 0.250. The summed E-state index contributed by atoms with van der Waals surface area (Å²) in [5.74, 6) is -0.512. The molecular formula is C20H17F3N4O2S. The van der Waals surface area contributed by atoms with E-state index in [1.807, 2.05) is 6.07 Å². The normalized spacial score (nSPS) is 13.1. The van der Waals surface area contributed by atoms with E-state index in [2.05, 4.69) is 15.2 Å². The van der Waals surface area contributed by atoms with Gasteiger partial charge in [0.1, 0.15) is 10.0 Å². The molecule has 10 heteroatoms. The number of aryl methyl sites for hydroxylation is 1. The van der Waals surface area contributed by atoms with Crippen LogP contribution in [0.4, 0.5) is 13.2 Å². The van der Waals surface area contributed by atoms with Crippen molar-refractivity contribution in [3.8, 4) is 10.6 Å². The number of alkyl halides is 3. The molecule has 0 bridgehead atoms. The molecule has 4 aromatic rings. The van der Waals surface area contributed by atoms with Gasteiger partial charge in [0.05, 0.1) is 11.1 Å². The third-order valence-electron chi connectivity index (χ3n) is 4.64. The predicted octanol–water partition coefficient (Wildman–Crippen LogP) is 4.16. The van der Waals surface area contributed by atoms with E-state index in [1.54, 1.807) is 12.1 Å². The van der Waals surface area contributed by atoms with E-state index in [0.717, 1.165) is 28.3 Å². The Balaban J connectivity index is 1.36. The second-order valence-corrected chi connectivity index (χ2v) is 7.99. The molecule has 4 rings (SSSR count). The van der Waals surface area contributed by atoms with Gasteiger partial charge in [-0.3, -0.25) is 4.98 Å². The van der Waals surface area contributed by atoms with Crippen LogP contribution in [0.5, 0.6) is 0 Å². The molecule has 0 saturated carbocycles. The van der Waals surface area contributed by atoms with Gasteiger partial charge in [0, 0.05) is 18.0 Å². The number of hydrogen-bond acceptors (Lipinski definition) is 6. The molecule has 0 aliphatic heterocycles. The Kier molecular flexibility index (Phi) is 5.44. The average molecular weight is 434 g/mol. The van der Waals surface area contributed by atoms with Gasteiger partial charge in [-0.05, 0) is 48.7 Å². The molecule has 2 heterocycles. The Bertz CT molecular complexity index is 1210. The number of nitrogens with one attached hydrogen (secondary N) is 1. The van der Waals surface area contributed by atoms with Crippen LogP contribution < -0.4 is 11.5 Å². The van der Waals surface area contributed by atoms with Crippen LogP contribution in [0.1, 0.15) is 22.6 Å². The molecule has 0 saturated heterocycles. The summed E-state index contributed by atoms with van der Waals surface area (Å²) in [6, 6.07) is 10.2. The number of nitrogens with two attached hydrogens (primary N) is 1. The van der Waals surface area contributed by atoms with Crippen LogP contribution >= 0.6 is 11.3 Å². The number of hydrogen-bond donors (Lipinski definition) is 2. The summed E-state index contributed by atoms with van der Waals surface area (Å²) in [5.41, 5.74) is 8.10. The number of rotatable bonds is 6. The predicted molar refractivity (Wildman–Crippen MR) is 107 cm³/mol. The molecular weight excluding hydrogens is 417 g/mol. The molecule has 0 fully saturated rings. The lowest BCUT2D eigenvalue weighted by molar-refractivity contribution is -0.137. The van der Waals surface area contributed by atoms with Gasteiger partial charge in [0.2, 0.25) is 0 Å². The molecule has 1 unspecified atom stereocenters. The molecule has 0 aliphatic carbocycles. The molecule has 156 valence electrons. The van der Waals surface area contributed by atoms with E-state index in [4.69, 9.17) is 10.2 Å². The van der Waals surface area contributed by atoms with Crippen LogP contribution in [0.3, 0.4) is 0 Å². The van der Waals surface area contributed by atoms with E-state index in [9.17, 15) is 18.0 Å². The number of oxazole rings is 1. The maximum Gasteiger partial charge on any atom is 0.417 e. The molecule has 30 heavy (non-hydrogen) atoms. The lowest BCUT2D eigenvalue weighted by atomic mass is 10.0. The van der Waals surface area contributed by atoms with Gasteiger partial charge < -0.3 is 10.2 Å². The van der Waals surface area contributed by atoms with E-state index >= 15 is 0 Å². The number of aromatic nitrogens is 3. The molecule has 2 aromatic carbocycles. The van der Waals surface area contributed by atoms with Crippen LogP contribution in [-0.4, -0.2) is 21.2 Å². The zero-order valence-electron chi connectivity index (χ0n) is 15.6. The van der Waals surface area contributed by atoms with Crippen molar-refractivity contribution in [1.29, 1.82) is 0 Å². The molecule has 2 aromatic heterocycles. The minimum atomic E-state index is -4.34. The highest BCUT2D eigenvalue weighted by molar-refractivity contribution is 7.14. The molecule has 6 nitrogen and oxygen atoms in total. The largest absolute Gasteiger partial charge is 0.417 e. The Morgan fingerprint density at radius 1 is 1.13 bits per heavy atom. The first-order chi connectivity index (χ1) is 14.3. The highest BCUT2D eigenvalue weighted by Gasteiger charge is 2.29. The number of benzene rings is 2. The van der Waals surface area contributed by atoms with Gasteiger partial charge in [-0.25, -0.2) is 4.79 Å². The number of H-pyrrole nitrogens is 1. The number of fused-ring (bicyclic) bond motifs is 1.